The molecule has 2 aliphatic heterocycles. The average Bonchev–Trinajstić information content (AvgIpc) is 3.24. The SMILES string of the molecule is Cc1n[nH]cc1-c1ccc2nccc(N3CCN(C(=O)N4CCOCC4)CC3)c2c1.Cl. The van der Waals surface area contributed by atoms with E-state index in [2.05, 4.69) is 44.3 Å². The molecule has 0 bridgehead atoms. The van der Waals surface area contributed by atoms with Crippen LogP contribution in [0.5, 0.6) is 0 Å². The number of H-pyrrole nitrogens is 1. The van der Waals surface area contributed by atoms with Crippen molar-refractivity contribution in [3.05, 3.63) is 42.4 Å². The van der Waals surface area contributed by atoms with Crippen molar-refractivity contribution in [3.63, 3.8) is 0 Å². The lowest BCUT2D eigenvalue weighted by atomic mass is 10.0. The van der Waals surface area contributed by atoms with Gasteiger partial charge < -0.3 is 19.4 Å². The molecule has 5 rings (SSSR count). The van der Waals surface area contributed by atoms with Gasteiger partial charge in [-0.25, -0.2) is 4.79 Å². The highest BCUT2D eigenvalue weighted by molar-refractivity contribution is 5.95. The number of nitrogens with one attached hydrogen (secondary N) is 1. The number of piperazine rings is 1. The van der Waals surface area contributed by atoms with Gasteiger partial charge in [0.05, 0.1) is 24.4 Å². The second-order valence-corrected chi connectivity index (χ2v) is 7.80. The van der Waals surface area contributed by atoms with E-state index < -0.39 is 0 Å². The molecule has 164 valence electrons. The summed E-state index contributed by atoms with van der Waals surface area (Å²) in [6.07, 6.45) is 3.80. The third-order valence-electron chi connectivity index (χ3n) is 6.03. The highest BCUT2D eigenvalue weighted by Crippen LogP contribution is 2.31. The van der Waals surface area contributed by atoms with Crippen molar-refractivity contribution in [1.29, 1.82) is 0 Å². The van der Waals surface area contributed by atoms with Crippen LogP contribution in [-0.4, -0.2) is 83.5 Å². The first kappa shape index (κ1) is 21.4. The number of aromatic nitrogens is 3. The molecule has 2 saturated heterocycles. The minimum Gasteiger partial charge on any atom is -0.378 e. The number of amides is 2. The average molecular weight is 443 g/mol. The quantitative estimate of drug-likeness (QED) is 0.660. The first-order valence-corrected chi connectivity index (χ1v) is 10.5. The Morgan fingerprint density at radius 2 is 1.77 bits per heavy atom. The van der Waals surface area contributed by atoms with Crippen molar-refractivity contribution in [2.24, 2.45) is 0 Å². The second kappa shape index (κ2) is 9.11. The Bertz CT molecular complexity index is 1060. The predicted molar refractivity (Wildman–Crippen MR) is 123 cm³/mol. The number of fused-ring (bicyclic) bond motifs is 1. The fourth-order valence-corrected chi connectivity index (χ4v) is 4.32. The van der Waals surface area contributed by atoms with E-state index in [9.17, 15) is 4.79 Å². The van der Waals surface area contributed by atoms with Crippen molar-refractivity contribution in [2.45, 2.75) is 6.92 Å². The summed E-state index contributed by atoms with van der Waals surface area (Å²) in [5.74, 6) is 0. The van der Waals surface area contributed by atoms with E-state index in [1.54, 1.807) is 0 Å². The molecule has 2 aliphatic rings. The first-order chi connectivity index (χ1) is 14.7. The maximum Gasteiger partial charge on any atom is 0.320 e. The smallest absolute Gasteiger partial charge is 0.320 e. The molecule has 2 aromatic heterocycles. The number of hydrogen-bond donors (Lipinski definition) is 1. The Morgan fingerprint density at radius 3 is 2.48 bits per heavy atom. The van der Waals surface area contributed by atoms with Crippen LogP contribution in [0.4, 0.5) is 10.5 Å². The Kier molecular flexibility index (Phi) is 6.29. The van der Waals surface area contributed by atoms with E-state index in [1.165, 1.54) is 5.69 Å². The zero-order valence-electron chi connectivity index (χ0n) is 17.6. The largest absolute Gasteiger partial charge is 0.378 e. The van der Waals surface area contributed by atoms with Gasteiger partial charge in [0.2, 0.25) is 0 Å². The summed E-state index contributed by atoms with van der Waals surface area (Å²) >= 11 is 0. The van der Waals surface area contributed by atoms with Crippen molar-refractivity contribution in [3.8, 4) is 11.1 Å². The molecule has 2 fully saturated rings. The van der Waals surface area contributed by atoms with Crippen molar-refractivity contribution in [2.75, 3.05) is 57.4 Å². The van der Waals surface area contributed by atoms with E-state index in [1.807, 2.05) is 29.1 Å². The Hall–Kier alpha value is -2.84. The number of urea groups is 1. The van der Waals surface area contributed by atoms with Crippen LogP contribution in [0.2, 0.25) is 0 Å². The number of carbonyl (C=O) groups is 1. The highest BCUT2D eigenvalue weighted by atomic mass is 35.5. The number of halogens is 1. The molecule has 4 heterocycles. The number of benzene rings is 1. The number of pyridine rings is 1. The summed E-state index contributed by atoms with van der Waals surface area (Å²) in [7, 11) is 0. The van der Waals surface area contributed by atoms with E-state index >= 15 is 0 Å². The van der Waals surface area contributed by atoms with Crippen LogP contribution >= 0.6 is 12.4 Å². The van der Waals surface area contributed by atoms with E-state index in [4.69, 9.17) is 4.74 Å². The van der Waals surface area contributed by atoms with Gasteiger partial charge in [-0.15, -0.1) is 12.4 Å². The summed E-state index contributed by atoms with van der Waals surface area (Å²) < 4.78 is 5.36. The zero-order valence-corrected chi connectivity index (χ0v) is 18.4. The van der Waals surface area contributed by atoms with E-state index in [-0.39, 0.29) is 18.4 Å². The maximum absolute atomic E-state index is 12.8. The lowest BCUT2D eigenvalue weighted by Gasteiger charge is -2.39. The molecule has 0 aliphatic carbocycles. The molecule has 8 nitrogen and oxygen atoms in total. The first-order valence-electron chi connectivity index (χ1n) is 10.5. The molecule has 1 aromatic carbocycles. The summed E-state index contributed by atoms with van der Waals surface area (Å²) in [6, 6.07) is 8.57. The number of aromatic amines is 1. The molecule has 0 spiro atoms. The van der Waals surface area contributed by atoms with Crippen molar-refractivity contribution in [1.82, 2.24) is 25.0 Å². The molecule has 3 aromatic rings. The number of carbonyl (C=O) groups excluding carboxylic acids is 1. The molecule has 31 heavy (non-hydrogen) atoms. The van der Waals surface area contributed by atoms with Gasteiger partial charge in [0, 0.05) is 68.3 Å². The summed E-state index contributed by atoms with van der Waals surface area (Å²) in [4.78, 5) is 23.6. The summed E-state index contributed by atoms with van der Waals surface area (Å²) in [6.45, 7) is 7.70. The number of aryl methyl sites for hydroxylation is 1. The maximum atomic E-state index is 12.8. The minimum atomic E-state index is 0. The Morgan fingerprint density at radius 1 is 1.03 bits per heavy atom. The van der Waals surface area contributed by atoms with Crippen LogP contribution in [0.3, 0.4) is 0 Å². The molecule has 0 radical (unpaired) electrons. The van der Waals surface area contributed by atoms with Gasteiger partial charge in [0.25, 0.3) is 0 Å². The third-order valence-corrected chi connectivity index (χ3v) is 6.03. The predicted octanol–water partition coefficient (Wildman–Crippen LogP) is 2.93. The molecule has 2 amide bonds. The van der Waals surface area contributed by atoms with Gasteiger partial charge in [0.15, 0.2) is 0 Å². The van der Waals surface area contributed by atoms with Crippen molar-refractivity contribution >= 4 is 35.0 Å². The number of morpholine rings is 1. The monoisotopic (exact) mass is 442 g/mol. The van der Waals surface area contributed by atoms with Crippen LogP contribution in [0.15, 0.2) is 36.7 Å². The number of anilines is 1. The lowest BCUT2D eigenvalue weighted by Crippen LogP contribution is -2.54. The summed E-state index contributed by atoms with van der Waals surface area (Å²) in [5, 5.41) is 8.32. The van der Waals surface area contributed by atoms with Gasteiger partial charge in [-0.3, -0.25) is 10.1 Å². The molecular formula is C22H27ClN6O2. The lowest BCUT2D eigenvalue weighted by molar-refractivity contribution is 0.0428. The topological polar surface area (TPSA) is 77.6 Å². The van der Waals surface area contributed by atoms with E-state index in [0.29, 0.717) is 26.3 Å². The molecule has 9 heteroatoms. The molecule has 0 atom stereocenters. The zero-order chi connectivity index (χ0) is 20.5. The number of rotatable bonds is 2. The second-order valence-electron chi connectivity index (χ2n) is 7.80. The number of hydrogen-bond acceptors (Lipinski definition) is 5. The Labute approximate surface area is 187 Å². The third kappa shape index (κ3) is 4.18. The summed E-state index contributed by atoms with van der Waals surface area (Å²) in [5.41, 5.74) is 5.36. The molecule has 0 unspecified atom stereocenters. The van der Waals surface area contributed by atoms with E-state index in [0.717, 1.165) is 53.9 Å². The molecular weight excluding hydrogens is 416 g/mol. The fourth-order valence-electron chi connectivity index (χ4n) is 4.32. The molecule has 1 N–H and O–H groups in total. The van der Waals surface area contributed by atoms with Crippen molar-refractivity contribution < 1.29 is 9.53 Å². The molecule has 0 saturated carbocycles. The van der Waals surface area contributed by atoms with Gasteiger partial charge in [-0.1, -0.05) is 6.07 Å². The fraction of sp³-hybridized carbons (Fsp3) is 0.409. The Balaban J connectivity index is 0.00000231. The number of ether oxygens (including phenoxy) is 1. The van der Waals surface area contributed by atoms with Gasteiger partial charge in [-0.2, -0.15) is 5.10 Å². The normalized spacial score (nSPS) is 17.0. The van der Waals surface area contributed by atoms with Crippen LogP contribution in [0.25, 0.3) is 22.0 Å². The van der Waals surface area contributed by atoms with Crippen LogP contribution < -0.4 is 4.90 Å². The standard InChI is InChI=1S/C22H26N6O2.ClH/c1-16-19(15-24-25-16)17-2-3-20-18(14-17)21(4-5-23-20)26-6-8-27(9-7-26)22(29)28-10-12-30-13-11-28;/h2-5,14-15H,6-13H2,1H3,(H,24,25);1H. The van der Waals surface area contributed by atoms with Crippen LogP contribution in [-0.2, 0) is 4.74 Å². The highest BCUT2D eigenvalue weighted by Gasteiger charge is 2.27. The van der Waals surface area contributed by atoms with Crippen LogP contribution in [0, 0.1) is 6.92 Å². The van der Waals surface area contributed by atoms with Gasteiger partial charge >= 0.3 is 6.03 Å². The van der Waals surface area contributed by atoms with Gasteiger partial charge in [0.1, 0.15) is 0 Å². The van der Waals surface area contributed by atoms with Gasteiger partial charge in [-0.05, 0) is 30.7 Å². The van der Waals surface area contributed by atoms with Crippen LogP contribution in [0.1, 0.15) is 5.69 Å². The minimum absolute atomic E-state index is 0. The number of nitrogens with zero attached hydrogens (tertiary/aromatic N) is 5.